The Kier molecular flexibility index (Phi) is 7.02. The highest BCUT2D eigenvalue weighted by Crippen LogP contribution is 2.27. The highest BCUT2D eigenvalue weighted by Gasteiger charge is 2.21. The van der Waals surface area contributed by atoms with E-state index in [2.05, 4.69) is 10.6 Å². The fourth-order valence-electron chi connectivity index (χ4n) is 3.79. The van der Waals surface area contributed by atoms with Crippen molar-refractivity contribution >= 4 is 45.9 Å². The van der Waals surface area contributed by atoms with E-state index >= 15 is 0 Å². The summed E-state index contributed by atoms with van der Waals surface area (Å²) < 4.78 is 1.58. The van der Waals surface area contributed by atoms with E-state index in [1.807, 2.05) is 44.2 Å². The lowest BCUT2D eigenvalue weighted by atomic mass is 10.1. The Morgan fingerprint density at radius 1 is 0.914 bits per heavy atom. The van der Waals surface area contributed by atoms with Crippen LogP contribution in [0.15, 0.2) is 76.7 Å². The summed E-state index contributed by atoms with van der Waals surface area (Å²) in [4.78, 5) is 42.4. The van der Waals surface area contributed by atoms with Crippen LogP contribution in [0.1, 0.15) is 25.0 Å². The fourth-order valence-corrected chi connectivity index (χ4v) is 4.72. The van der Waals surface area contributed by atoms with Crippen LogP contribution in [0, 0.1) is 13.8 Å². The standard InChI is InChI=1S/C27H26N4O3S/c1-16-13-17(2)15-22(14-16)31-26(34)23-7-5-6-8-24(23)30-27(31)35-18(3)25(33)29-21-11-9-20(10-12-21)28-19(4)32/h5-15,18H,1-4H3,(H,28,32)(H,29,33)/t18-/m0/s1. The molecule has 8 heteroatoms. The van der Waals surface area contributed by atoms with Crippen molar-refractivity contribution in [2.75, 3.05) is 10.6 Å². The molecule has 35 heavy (non-hydrogen) atoms. The Morgan fingerprint density at radius 3 is 2.14 bits per heavy atom. The largest absolute Gasteiger partial charge is 0.326 e. The summed E-state index contributed by atoms with van der Waals surface area (Å²) >= 11 is 1.23. The fraction of sp³-hybridized carbons (Fsp3) is 0.185. The summed E-state index contributed by atoms with van der Waals surface area (Å²) in [6.07, 6.45) is 0. The number of thioether (sulfide) groups is 1. The third-order valence-electron chi connectivity index (χ3n) is 5.33. The summed E-state index contributed by atoms with van der Waals surface area (Å²) in [5.74, 6) is -0.388. The van der Waals surface area contributed by atoms with Crippen LogP contribution in [0.5, 0.6) is 0 Å². The lowest BCUT2D eigenvalue weighted by Gasteiger charge is -2.17. The Bertz CT molecular complexity index is 1460. The minimum atomic E-state index is -0.532. The molecule has 1 heterocycles. The summed E-state index contributed by atoms with van der Waals surface area (Å²) in [5, 5.41) is 6.01. The van der Waals surface area contributed by atoms with Crippen molar-refractivity contribution in [3.63, 3.8) is 0 Å². The van der Waals surface area contributed by atoms with Gasteiger partial charge < -0.3 is 10.6 Å². The molecule has 0 aliphatic rings. The lowest BCUT2D eigenvalue weighted by molar-refractivity contribution is -0.115. The van der Waals surface area contributed by atoms with Gasteiger partial charge in [0.1, 0.15) is 0 Å². The highest BCUT2D eigenvalue weighted by molar-refractivity contribution is 8.00. The SMILES string of the molecule is CC(=O)Nc1ccc(NC(=O)[C@H](C)Sc2nc3ccccc3c(=O)n2-c2cc(C)cc(C)c2)cc1. The smallest absolute Gasteiger partial charge is 0.266 e. The van der Waals surface area contributed by atoms with E-state index in [0.717, 1.165) is 16.8 Å². The van der Waals surface area contributed by atoms with E-state index in [1.165, 1.54) is 18.7 Å². The first kappa shape index (κ1) is 24.2. The van der Waals surface area contributed by atoms with Crippen LogP contribution in [0.4, 0.5) is 11.4 Å². The maximum atomic E-state index is 13.5. The number of carbonyl (C=O) groups excluding carboxylic acids is 2. The minimum Gasteiger partial charge on any atom is -0.326 e. The van der Waals surface area contributed by atoms with Gasteiger partial charge in [0, 0.05) is 18.3 Å². The molecule has 0 saturated carbocycles. The van der Waals surface area contributed by atoms with Gasteiger partial charge in [-0.3, -0.25) is 19.0 Å². The second-order valence-corrected chi connectivity index (χ2v) is 9.71. The average molecular weight is 487 g/mol. The number of carbonyl (C=O) groups is 2. The van der Waals surface area contributed by atoms with Gasteiger partial charge in [-0.15, -0.1) is 0 Å². The van der Waals surface area contributed by atoms with Crippen molar-refractivity contribution in [2.24, 2.45) is 0 Å². The van der Waals surface area contributed by atoms with E-state index in [-0.39, 0.29) is 17.4 Å². The van der Waals surface area contributed by atoms with Gasteiger partial charge in [0.25, 0.3) is 5.56 Å². The minimum absolute atomic E-state index is 0.162. The van der Waals surface area contributed by atoms with E-state index in [4.69, 9.17) is 4.98 Å². The van der Waals surface area contributed by atoms with Crippen molar-refractivity contribution in [3.8, 4) is 5.69 Å². The number of rotatable bonds is 6. The van der Waals surface area contributed by atoms with Crippen LogP contribution in [-0.4, -0.2) is 26.6 Å². The van der Waals surface area contributed by atoms with E-state index < -0.39 is 5.25 Å². The molecule has 1 aromatic heterocycles. The van der Waals surface area contributed by atoms with Crippen LogP contribution in [0.3, 0.4) is 0 Å². The number of fused-ring (bicyclic) bond motifs is 1. The summed E-state index contributed by atoms with van der Waals surface area (Å²) in [6, 6.07) is 20.0. The number of aromatic nitrogens is 2. The zero-order valence-electron chi connectivity index (χ0n) is 20.0. The van der Waals surface area contributed by atoms with E-state index in [0.29, 0.717) is 27.4 Å². The summed E-state index contributed by atoms with van der Waals surface area (Å²) in [6.45, 7) is 7.18. The molecule has 4 rings (SSSR count). The molecule has 1 atom stereocenters. The van der Waals surface area contributed by atoms with Gasteiger partial charge in [-0.1, -0.05) is 30.0 Å². The van der Waals surface area contributed by atoms with Gasteiger partial charge in [0.2, 0.25) is 11.8 Å². The molecule has 178 valence electrons. The Balaban J connectivity index is 1.65. The van der Waals surface area contributed by atoms with Crippen LogP contribution < -0.4 is 16.2 Å². The third kappa shape index (κ3) is 5.60. The number of nitrogens with one attached hydrogen (secondary N) is 2. The number of anilines is 2. The van der Waals surface area contributed by atoms with Crippen molar-refractivity contribution in [1.82, 2.24) is 9.55 Å². The summed E-state index contributed by atoms with van der Waals surface area (Å²) in [7, 11) is 0. The number of benzene rings is 3. The number of hydrogen-bond donors (Lipinski definition) is 2. The third-order valence-corrected chi connectivity index (χ3v) is 6.39. The molecule has 0 radical (unpaired) electrons. The number of aryl methyl sites for hydroxylation is 2. The molecule has 4 aromatic rings. The molecule has 0 unspecified atom stereocenters. The molecule has 0 bridgehead atoms. The normalized spacial score (nSPS) is 11.8. The molecule has 0 aliphatic carbocycles. The first-order valence-electron chi connectivity index (χ1n) is 11.2. The lowest BCUT2D eigenvalue weighted by Crippen LogP contribution is -2.26. The van der Waals surface area contributed by atoms with E-state index in [9.17, 15) is 14.4 Å². The number of nitrogens with zero attached hydrogens (tertiary/aromatic N) is 2. The Hall–Kier alpha value is -3.91. The molecule has 2 N–H and O–H groups in total. The van der Waals surface area contributed by atoms with Crippen molar-refractivity contribution < 1.29 is 9.59 Å². The van der Waals surface area contributed by atoms with Crippen LogP contribution >= 0.6 is 11.8 Å². The second kappa shape index (κ2) is 10.1. The van der Waals surface area contributed by atoms with E-state index in [1.54, 1.807) is 47.9 Å². The van der Waals surface area contributed by atoms with Gasteiger partial charge >= 0.3 is 0 Å². The van der Waals surface area contributed by atoms with Gasteiger partial charge in [0.05, 0.1) is 21.8 Å². The van der Waals surface area contributed by atoms with Crippen molar-refractivity contribution in [1.29, 1.82) is 0 Å². The van der Waals surface area contributed by atoms with Crippen LogP contribution in [0.25, 0.3) is 16.6 Å². The predicted octanol–water partition coefficient (Wildman–Crippen LogP) is 5.08. The molecule has 3 aromatic carbocycles. The zero-order chi connectivity index (χ0) is 25.1. The highest BCUT2D eigenvalue weighted by atomic mass is 32.2. The molecule has 0 spiro atoms. The van der Waals surface area contributed by atoms with Gasteiger partial charge in [-0.05, 0) is 80.4 Å². The average Bonchev–Trinajstić information content (AvgIpc) is 2.79. The number of para-hydroxylation sites is 1. The zero-order valence-corrected chi connectivity index (χ0v) is 20.8. The molecular weight excluding hydrogens is 460 g/mol. The first-order chi connectivity index (χ1) is 16.7. The molecule has 0 fully saturated rings. The second-order valence-electron chi connectivity index (χ2n) is 8.41. The van der Waals surface area contributed by atoms with Crippen molar-refractivity contribution in [2.45, 2.75) is 38.1 Å². The molecule has 0 saturated heterocycles. The van der Waals surface area contributed by atoms with Gasteiger partial charge in [-0.25, -0.2) is 4.98 Å². The summed E-state index contributed by atoms with van der Waals surface area (Å²) in [5.41, 5.74) is 4.44. The number of amides is 2. The quantitative estimate of drug-likeness (QED) is 0.293. The van der Waals surface area contributed by atoms with Gasteiger partial charge in [0.15, 0.2) is 5.16 Å². The topological polar surface area (TPSA) is 93.1 Å². The molecule has 2 amide bonds. The first-order valence-corrected chi connectivity index (χ1v) is 12.0. The van der Waals surface area contributed by atoms with Gasteiger partial charge in [-0.2, -0.15) is 0 Å². The monoisotopic (exact) mass is 486 g/mol. The maximum Gasteiger partial charge on any atom is 0.266 e. The molecular formula is C27H26N4O3S. The Morgan fingerprint density at radius 2 is 1.51 bits per heavy atom. The molecule has 0 aliphatic heterocycles. The Labute approximate surface area is 207 Å². The van der Waals surface area contributed by atoms with Crippen LogP contribution in [0.2, 0.25) is 0 Å². The maximum absolute atomic E-state index is 13.5. The number of hydrogen-bond acceptors (Lipinski definition) is 5. The predicted molar refractivity (Wildman–Crippen MR) is 142 cm³/mol. The molecule has 7 nitrogen and oxygen atoms in total. The van der Waals surface area contributed by atoms with Crippen molar-refractivity contribution in [3.05, 3.63) is 88.2 Å². The van der Waals surface area contributed by atoms with Crippen LogP contribution in [-0.2, 0) is 9.59 Å².